The van der Waals surface area contributed by atoms with E-state index in [1.807, 2.05) is 9.91 Å². The van der Waals surface area contributed by atoms with Gasteiger partial charge in [-0.2, -0.15) is 5.10 Å². The van der Waals surface area contributed by atoms with Crippen molar-refractivity contribution in [2.24, 2.45) is 5.10 Å². The molecule has 1 unspecified atom stereocenters. The Morgan fingerprint density at radius 1 is 0.909 bits per heavy atom. The number of hydrogen-bond donors (Lipinski definition) is 0. The molecule has 0 aromatic heterocycles. The number of nitrogens with zero attached hydrogens (tertiary/aromatic N) is 3. The molecule has 3 nitrogen and oxygen atoms in total. The third-order valence-corrected chi connectivity index (χ3v) is 6.09. The van der Waals surface area contributed by atoms with E-state index in [2.05, 4.69) is 18.9 Å². The van der Waals surface area contributed by atoms with Gasteiger partial charge in [0.1, 0.15) is 6.34 Å². The normalized spacial score (nSPS) is 19.3. The van der Waals surface area contributed by atoms with Gasteiger partial charge in [-0.3, -0.25) is 5.01 Å². The van der Waals surface area contributed by atoms with Gasteiger partial charge >= 0.3 is 0 Å². The molecular weight excluding hydrogens is 387 g/mol. The summed E-state index contributed by atoms with van der Waals surface area (Å²) < 4.78 is -3.38. The lowest BCUT2D eigenvalue weighted by Gasteiger charge is -2.41. The van der Waals surface area contributed by atoms with Gasteiger partial charge in [0.05, 0.1) is 0 Å². The molecule has 0 radical (unpaired) electrons. The maximum atomic E-state index is 6.43. The van der Waals surface area contributed by atoms with Crippen LogP contribution in [0.4, 0.5) is 0 Å². The molecular formula is C14H24Cl5N3. The Labute approximate surface area is 158 Å². The maximum absolute atomic E-state index is 6.43. The third-order valence-electron chi connectivity index (χ3n) is 3.66. The van der Waals surface area contributed by atoms with Crippen molar-refractivity contribution in [3.05, 3.63) is 0 Å². The second-order valence-corrected chi connectivity index (χ2v) is 9.21. The molecule has 22 heavy (non-hydrogen) atoms. The van der Waals surface area contributed by atoms with Crippen molar-refractivity contribution in [3.8, 4) is 0 Å². The van der Waals surface area contributed by atoms with Crippen molar-refractivity contribution in [1.82, 2.24) is 9.91 Å². The Balaban J connectivity index is 2.80. The zero-order chi connectivity index (χ0) is 16.8. The van der Waals surface area contributed by atoms with E-state index in [9.17, 15) is 0 Å². The monoisotopic (exact) mass is 409 g/mol. The highest BCUT2D eigenvalue weighted by atomic mass is 35.6. The van der Waals surface area contributed by atoms with Crippen molar-refractivity contribution in [1.29, 1.82) is 0 Å². The van der Waals surface area contributed by atoms with Gasteiger partial charge in [-0.05, 0) is 12.8 Å². The Morgan fingerprint density at radius 2 is 1.55 bits per heavy atom. The first-order valence-electron chi connectivity index (χ1n) is 7.76. The molecule has 0 N–H and O–H groups in total. The van der Waals surface area contributed by atoms with Crippen LogP contribution >= 0.6 is 58.0 Å². The molecule has 0 bridgehead atoms. The van der Waals surface area contributed by atoms with Gasteiger partial charge in [0.2, 0.25) is 8.13 Å². The van der Waals surface area contributed by atoms with Crippen LogP contribution < -0.4 is 0 Å². The average Bonchev–Trinajstić information content (AvgIpc) is 2.83. The summed E-state index contributed by atoms with van der Waals surface area (Å²) in [5.74, 6) is 0. The van der Waals surface area contributed by atoms with Crippen molar-refractivity contribution in [3.63, 3.8) is 0 Å². The predicted molar refractivity (Wildman–Crippen MR) is 99.5 cm³/mol. The number of hydrazone groups is 1. The molecule has 130 valence electrons. The van der Waals surface area contributed by atoms with Gasteiger partial charge in [0.15, 0.2) is 6.17 Å². The molecule has 8 heteroatoms. The summed E-state index contributed by atoms with van der Waals surface area (Å²) in [7, 11) is 0. The van der Waals surface area contributed by atoms with Crippen LogP contribution in [0.25, 0.3) is 0 Å². The first-order chi connectivity index (χ1) is 10.3. The lowest BCUT2D eigenvalue weighted by molar-refractivity contribution is 0.112. The van der Waals surface area contributed by atoms with Crippen LogP contribution in [0, 0.1) is 0 Å². The zero-order valence-corrected chi connectivity index (χ0v) is 16.8. The van der Waals surface area contributed by atoms with E-state index in [1.165, 1.54) is 12.8 Å². The minimum Gasteiger partial charge on any atom is -0.337 e. The Morgan fingerprint density at radius 3 is 2.09 bits per heavy atom. The van der Waals surface area contributed by atoms with E-state index in [0.717, 1.165) is 38.8 Å². The number of halogens is 5. The van der Waals surface area contributed by atoms with E-state index >= 15 is 0 Å². The SMILES string of the molecule is CCCCCCN1N=CN(CCCC)C1C(Cl)(Cl)C(Cl)(Cl)Cl. The maximum Gasteiger partial charge on any atom is 0.227 e. The fraction of sp³-hybridized carbons (Fsp3) is 0.929. The van der Waals surface area contributed by atoms with Gasteiger partial charge in [0.25, 0.3) is 0 Å². The molecule has 0 aromatic carbocycles. The Kier molecular flexibility index (Phi) is 8.75. The first-order valence-corrected chi connectivity index (χ1v) is 9.65. The largest absolute Gasteiger partial charge is 0.337 e. The summed E-state index contributed by atoms with van der Waals surface area (Å²) in [6, 6.07) is 0. The molecule has 1 aliphatic rings. The van der Waals surface area contributed by atoms with Crippen LogP contribution in [-0.4, -0.2) is 43.6 Å². The summed E-state index contributed by atoms with van der Waals surface area (Å²) >= 11 is 30.9. The van der Waals surface area contributed by atoms with Crippen LogP contribution in [-0.2, 0) is 0 Å². The molecule has 0 saturated carbocycles. The summed E-state index contributed by atoms with van der Waals surface area (Å²) in [6.45, 7) is 5.81. The fourth-order valence-corrected chi connectivity index (χ4v) is 3.14. The predicted octanol–water partition coefficient (Wildman–Crippen LogP) is 5.80. The van der Waals surface area contributed by atoms with Crippen LogP contribution in [0.1, 0.15) is 52.4 Å². The van der Waals surface area contributed by atoms with E-state index in [4.69, 9.17) is 58.0 Å². The van der Waals surface area contributed by atoms with E-state index in [-0.39, 0.29) is 0 Å². The van der Waals surface area contributed by atoms with E-state index < -0.39 is 14.3 Å². The van der Waals surface area contributed by atoms with E-state index in [0.29, 0.717) is 0 Å². The van der Waals surface area contributed by atoms with Crippen molar-refractivity contribution in [2.75, 3.05) is 13.1 Å². The van der Waals surface area contributed by atoms with Crippen molar-refractivity contribution < 1.29 is 0 Å². The summed E-state index contributed by atoms with van der Waals surface area (Å²) in [4.78, 5) is 1.96. The van der Waals surface area contributed by atoms with Crippen LogP contribution in [0.5, 0.6) is 0 Å². The zero-order valence-electron chi connectivity index (χ0n) is 13.0. The quantitative estimate of drug-likeness (QED) is 0.353. The number of rotatable bonds is 9. The molecule has 0 saturated heterocycles. The average molecular weight is 412 g/mol. The van der Waals surface area contributed by atoms with Crippen molar-refractivity contribution in [2.45, 2.75) is 66.7 Å². The lowest BCUT2D eigenvalue weighted by atomic mass is 10.2. The topological polar surface area (TPSA) is 18.8 Å². The van der Waals surface area contributed by atoms with Crippen LogP contribution in [0.3, 0.4) is 0 Å². The Bertz CT molecular complexity index is 357. The smallest absolute Gasteiger partial charge is 0.227 e. The second kappa shape index (κ2) is 9.27. The van der Waals surface area contributed by atoms with E-state index in [1.54, 1.807) is 6.34 Å². The molecule has 0 aliphatic carbocycles. The summed E-state index contributed by atoms with van der Waals surface area (Å²) in [5.41, 5.74) is 0. The highest BCUT2D eigenvalue weighted by Crippen LogP contribution is 2.50. The Hall–Kier alpha value is 0.720. The standard InChI is InChI=1S/C14H24Cl5N3/c1-3-5-7-8-10-22-12(13(15,16)14(17,18)19)21(11-20-22)9-6-4-2/h11-12H,3-10H2,1-2H3. The van der Waals surface area contributed by atoms with Crippen molar-refractivity contribution >= 4 is 64.3 Å². The number of hydrogen-bond acceptors (Lipinski definition) is 3. The van der Waals surface area contributed by atoms with Gasteiger partial charge in [-0.25, -0.2) is 0 Å². The molecule has 1 heterocycles. The molecule has 1 aliphatic heterocycles. The van der Waals surface area contributed by atoms with Gasteiger partial charge < -0.3 is 4.90 Å². The van der Waals surface area contributed by atoms with Crippen LogP contribution in [0.15, 0.2) is 5.10 Å². The highest BCUT2D eigenvalue weighted by Gasteiger charge is 2.57. The second-order valence-electron chi connectivity index (χ2n) is 5.54. The molecule has 1 rings (SSSR count). The lowest BCUT2D eigenvalue weighted by Crippen LogP contribution is -2.57. The van der Waals surface area contributed by atoms with Gasteiger partial charge in [-0.15, -0.1) is 0 Å². The molecule has 0 aromatic rings. The third kappa shape index (κ3) is 5.37. The minimum absolute atomic E-state index is 0.475. The molecule has 0 fully saturated rings. The fourth-order valence-electron chi connectivity index (χ4n) is 2.37. The summed E-state index contributed by atoms with van der Waals surface area (Å²) in [6.07, 6.45) is 7.84. The molecule has 0 amide bonds. The minimum atomic E-state index is -1.80. The number of unbranched alkanes of at least 4 members (excludes halogenated alkanes) is 4. The number of alkyl halides is 5. The molecule has 0 spiro atoms. The first kappa shape index (κ1) is 20.8. The summed E-state index contributed by atoms with van der Waals surface area (Å²) in [5, 5.41) is 6.26. The van der Waals surface area contributed by atoms with Gasteiger partial charge in [-0.1, -0.05) is 97.5 Å². The molecule has 1 atom stereocenters. The highest BCUT2D eigenvalue weighted by molar-refractivity contribution is 6.75. The van der Waals surface area contributed by atoms with Crippen LogP contribution in [0.2, 0.25) is 0 Å². The van der Waals surface area contributed by atoms with Gasteiger partial charge in [0, 0.05) is 13.1 Å².